The van der Waals surface area contributed by atoms with Gasteiger partial charge in [-0.1, -0.05) is 28.1 Å². The number of ether oxygens (including phenoxy) is 1. The summed E-state index contributed by atoms with van der Waals surface area (Å²) in [6, 6.07) is 14.9. The fourth-order valence-electron chi connectivity index (χ4n) is 2.65. The van der Waals surface area contributed by atoms with Crippen LogP contribution in [0.5, 0.6) is 5.75 Å². The molecule has 0 saturated heterocycles. The number of fused-ring (bicyclic) bond motifs is 1. The van der Waals surface area contributed by atoms with E-state index in [1.165, 1.54) is 11.3 Å². The fourth-order valence-corrected chi connectivity index (χ4v) is 3.61. The minimum Gasteiger partial charge on any atom is -0.490 e. The predicted molar refractivity (Wildman–Crippen MR) is 111 cm³/mol. The van der Waals surface area contributed by atoms with Crippen LogP contribution in [0, 0.1) is 0 Å². The van der Waals surface area contributed by atoms with E-state index in [1.807, 2.05) is 48.7 Å². The molecule has 2 aromatic carbocycles. The number of halogens is 1. The monoisotopic (exact) mass is 442 g/mol. The van der Waals surface area contributed by atoms with Gasteiger partial charge in [0.25, 0.3) is 5.91 Å². The molecule has 2 aromatic heterocycles. The SMILES string of the molecule is CCOc1cccc2cc(-c3csc(NC(=O)c4ccc(Br)cc4)n3)oc12. The smallest absolute Gasteiger partial charge is 0.257 e. The molecule has 0 saturated carbocycles. The molecule has 1 amide bonds. The normalized spacial score (nSPS) is 10.9. The molecule has 0 aliphatic rings. The summed E-state index contributed by atoms with van der Waals surface area (Å²) in [4.78, 5) is 16.8. The number of thiazole rings is 1. The highest BCUT2D eigenvalue weighted by molar-refractivity contribution is 9.10. The van der Waals surface area contributed by atoms with Crippen molar-refractivity contribution in [2.75, 3.05) is 11.9 Å². The number of anilines is 1. The van der Waals surface area contributed by atoms with Crippen molar-refractivity contribution in [2.45, 2.75) is 6.92 Å². The number of carbonyl (C=O) groups is 1. The molecule has 0 spiro atoms. The van der Waals surface area contributed by atoms with E-state index in [0.717, 1.165) is 9.86 Å². The molecule has 0 radical (unpaired) electrons. The molecule has 0 fully saturated rings. The van der Waals surface area contributed by atoms with Gasteiger partial charge >= 0.3 is 0 Å². The Balaban J connectivity index is 1.57. The molecule has 4 aromatic rings. The Hall–Kier alpha value is -2.64. The highest BCUT2D eigenvalue weighted by Gasteiger charge is 2.14. The topological polar surface area (TPSA) is 64.4 Å². The van der Waals surface area contributed by atoms with Crippen LogP contribution in [-0.4, -0.2) is 17.5 Å². The van der Waals surface area contributed by atoms with Gasteiger partial charge in [0.15, 0.2) is 22.2 Å². The van der Waals surface area contributed by atoms with E-state index in [1.54, 1.807) is 12.1 Å². The Labute approximate surface area is 168 Å². The van der Waals surface area contributed by atoms with E-state index < -0.39 is 0 Å². The summed E-state index contributed by atoms with van der Waals surface area (Å²) in [7, 11) is 0. The van der Waals surface area contributed by atoms with Crippen LogP contribution in [0.3, 0.4) is 0 Å². The van der Waals surface area contributed by atoms with E-state index in [4.69, 9.17) is 9.15 Å². The van der Waals surface area contributed by atoms with E-state index in [-0.39, 0.29) is 5.91 Å². The zero-order valence-electron chi connectivity index (χ0n) is 14.4. The Morgan fingerprint density at radius 2 is 2.07 bits per heavy atom. The molecule has 0 atom stereocenters. The van der Waals surface area contributed by atoms with Gasteiger partial charge in [0.05, 0.1) is 6.61 Å². The minimum absolute atomic E-state index is 0.202. The maximum atomic E-state index is 12.3. The van der Waals surface area contributed by atoms with Gasteiger partial charge in [-0.25, -0.2) is 4.98 Å². The summed E-state index contributed by atoms with van der Waals surface area (Å²) in [5, 5.41) is 6.14. The zero-order valence-corrected chi connectivity index (χ0v) is 16.8. The van der Waals surface area contributed by atoms with Gasteiger partial charge in [0.2, 0.25) is 0 Å². The predicted octanol–water partition coefficient (Wildman–Crippen LogP) is 5.97. The number of amides is 1. The van der Waals surface area contributed by atoms with Crippen LogP contribution in [-0.2, 0) is 0 Å². The largest absolute Gasteiger partial charge is 0.490 e. The Kier molecular flexibility index (Phi) is 4.96. The lowest BCUT2D eigenvalue weighted by atomic mass is 10.2. The number of hydrogen-bond donors (Lipinski definition) is 1. The summed E-state index contributed by atoms with van der Waals surface area (Å²) in [5.41, 5.74) is 1.94. The molecular weight excluding hydrogens is 428 g/mol. The van der Waals surface area contributed by atoms with Crippen LogP contribution < -0.4 is 10.1 Å². The van der Waals surface area contributed by atoms with Gasteiger partial charge in [0.1, 0.15) is 5.69 Å². The molecular formula is C20H15BrN2O3S. The number of benzene rings is 2. The molecule has 0 aliphatic heterocycles. The van der Waals surface area contributed by atoms with Crippen LogP contribution in [0.2, 0.25) is 0 Å². The number of furan rings is 1. The second kappa shape index (κ2) is 7.54. The van der Waals surface area contributed by atoms with Gasteiger partial charge in [-0.15, -0.1) is 11.3 Å². The second-order valence-corrected chi connectivity index (χ2v) is 7.49. The molecule has 0 aliphatic carbocycles. The van der Waals surface area contributed by atoms with Crippen molar-refractivity contribution in [3.63, 3.8) is 0 Å². The number of aromatic nitrogens is 1. The zero-order chi connectivity index (χ0) is 18.8. The number of hydrogen-bond acceptors (Lipinski definition) is 5. The summed E-state index contributed by atoms with van der Waals surface area (Å²) in [5.74, 6) is 1.14. The van der Waals surface area contributed by atoms with Crippen LogP contribution in [0.15, 0.2) is 62.8 Å². The molecule has 136 valence electrons. The molecule has 5 nitrogen and oxygen atoms in total. The van der Waals surface area contributed by atoms with E-state index in [9.17, 15) is 4.79 Å². The maximum absolute atomic E-state index is 12.3. The molecule has 1 N–H and O–H groups in total. The standard InChI is InChI=1S/C20H15BrN2O3S/c1-2-25-16-5-3-4-13-10-17(26-18(13)16)15-11-27-20(22-15)23-19(24)12-6-8-14(21)9-7-12/h3-11H,2H2,1H3,(H,22,23,24). The number of para-hydroxylation sites is 1. The molecule has 0 unspecified atom stereocenters. The van der Waals surface area contributed by atoms with E-state index >= 15 is 0 Å². The summed E-state index contributed by atoms with van der Waals surface area (Å²) in [6.07, 6.45) is 0. The number of carbonyl (C=O) groups excluding carboxylic acids is 1. The lowest BCUT2D eigenvalue weighted by Gasteiger charge is -2.02. The highest BCUT2D eigenvalue weighted by Crippen LogP contribution is 2.34. The summed E-state index contributed by atoms with van der Waals surface area (Å²) >= 11 is 4.71. The van der Waals surface area contributed by atoms with Crippen molar-refractivity contribution in [1.82, 2.24) is 4.98 Å². The van der Waals surface area contributed by atoms with Crippen LogP contribution in [0.25, 0.3) is 22.4 Å². The summed E-state index contributed by atoms with van der Waals surface area (Å²) < 4.78 is 12.5. The first-order chi connectivity index (χ1) is 13.1. The van der Waals surface area contributed by atoms with Crippen molar-refractivity contribution < 1.29 is 13.9 Å². The third-order valence-electron chi connectivity index (χ3n) is 3.89. The lowest BCUT2D eigenvalue weighted by Crippen LogP contribution is -2.11. The first-order valence-electron chi connectivity index (χ1n) is 8.32. The highest BCUT2D eigenvalue weighted by atomic mass is 79.9. The Morgan fingerprint density at radius 3 is 2.85 bits per heavy atom. The van der Waals surface area contributed by atoms with Crippen molar-refractivity contribution >= 4 is 49.3 Å². The van der Waals surface area contributed by atoms with E-state index in [2.05, 4.69) is 26.2 Å². The quantitative estimate of drug-likeness (QED) is 0.413. The van der Waals surface area contributed by atoms with Gasteiger partial charge in [-0.2, -0.15) is 0 Å². The van der Waals surface area contributed by atoms with E-state index in [0.29, 0.717) is 40.1 Å². The molecule has 4 rings (SSSR count). The van der Waals surface area contributed by atoms with Gasteiger partial charge < -0.3 is 9.15 Å². The molecule has 7 heteroatoms. The average molecular weight is 443 g/mol. The molecule has 0 bridgehead atoms. The first-order valence-corrected chi connectivity index (χ1v) is 9.99. The number of nitrogens with one attached hydrogen (secondary N) is 1. The van der Waals surface area contributed by atoms with Gasteiger partial charge in [0, 0.05) is 20.8 Å². The Bertz CT molecular complexity index is 1100. The van der Waals surface area contributed by atoms with Crippen LogP contribution in [0.1, 0.15) is 17.3 Å². The fraction of sp³-hybridized carbons (Fsp3) is 0.100. The third kappa shape index (κ3) is 3.74. The van der Waals surface area contributed by atoms with Gasteiger partial charge in [-0.05, 0) is 43.3 Å². The van der Waals surface area contributed by atoms with Gasteiger partial charge in [-0.3, -0.25) is 10.1 Å². The van der Waals surface area contributed by atoms with Crippen molar-refractivity contribution in [2.24, 2.45) is 0 Å². The average Bonchev–Trinajstić information content (AvgIpc) is 3.29. The lowest BCUT2D eigenvalue weighted by molar-refractivity contribution is 0.102. The summed E-state index contributed by atoms with van der Waals surface area (Å²) in [6.45, 7) is 2.50. The maximum Gasteiger partial charge on any atom is 0.257 e. The number of nitrogens with zero attached hydrogens (tertiary/aromatic N) is 1. The second-order valence-electron chi connectivity index (χ2n) is 5.72. The minimum atomic E-state index is -0.202. The van der Waals surface area contributed by atoms with Crippen molar-refractivity contribution in [3.8, 4) is 17.2 Å². The Morgan fingerprint density at radius 1 is 1.26 bits per heavy atom. The van der Waals surface area contributed by atoms with Crippen molar-refractivity contribution in [1.29, 1.82) is 0 Å². The molecule has 2 heterocycles. The molecule has 27 heavy (non-hydrogen) atoms. The van der Waals surface area contributed by atoms with Crippen LogP contribution in [0.4, 0.5) is 5.13 Å². The first kappa shape index (κ1) is 17.8. The van der Waals surface area contributed by atoms with Crippen molar-refractivity contribution in [3.05, 3.63) is 63.9 Å². The van der Waals surface area contributed by atoms with Crippen LogP contribution >= 0.6 is 27.3 Å². The third-order valence-corrected chi connectivity index (χ3v) is 5.18. The number of rotatable bonds is 5.